The van der Waals surface area contributed by atoms with Crippen LogP contribution in [-0.4, -0.2) is 71.3 Å². The zero-order valence-corrected chi connectivity index (χ0v) is 35.6. The summed E-state index contributed by atoms with van der Waals surface area (Å²) in [6.45, 7) is 4.00. The Bertz CT molecular complexity index is 2640. The molecule has 0 heterocycles. The highest BCUT2D eigenvalue weighted by Gasteiger charge is 2.25. The zero-order chi connectivity index (χ0) is 43.8. The second-order valence-corrected chi connectivity index (χ2v) is 18.5. The van der Waals surface area contributed by atoms with E-state index in [-0.39, 0.29) is 75.1 Å². The van der Waals surface area contributed by atoms with Gasteiger partial charge in [-0.3, -0.25) is 18.7 Å². The highest BCUT2D eigenvalue weighted by molar-refractivity contribution is 7.94. The van der Waals surface area contributed by atoms with Gasteiger partial charge in [-0.25, -0.2) is 10.5 Å². The van der Waals surface area contributed by atoms with Gasteiger partial charge < -0.3 is 25.6 Å². The SMILES string of the molecule is CCCCOc1cc(C(=O)Nc2cc(S(=O)(=O)O)cc3cc(S(=O)(=O)O)cc(O)c23)c(PCCCC)cc1C(=O)Nc1cc(SOOO)cc2cc(SOOO)cc(O)c12. The molecule has 2 amide bonds. The normalized spacial score (nSPS) is 12.1. The minimum atomic E-state index is -4.96. The number of fused-ring (bicyclic) bond motifs is 2. The molecule has 8 N–H and O–H groups in total. The number of amides is 2. The smallest absolute Gasteiger partial charge is 0.294 e. The maximum atomic E-state index is 14.3. The standard InChI is InChI=1S/C36H37N2O17PS4/c1-3-5-7-51-31-17-26(36(42)38-28-15-23(59(45,46)47)11-20-12-24(60(48,49)50)16-30(40)34(20)28)32(56-8-6-4-2)18-25(31)35(41)37-27-13-21(57-54-52-43)9-19-10-22(58-55-53-44)14-29(39)33(19)27/h9-18,39-40,43-44,56H,3-8H2,1-2H3,(H,37,41)(H,38,42)(H,45,46,47)(H,48,49,50). The topological polar surface area (TPSA) is 294 Å². The molecule has 19 nitrogen and oxygen atoms in total. The van der Waals surface area contributed by atoms with Gasteiger partial charge in [-0.15, -0.1) is 8.67 Å². The van der Waals surface area contributed by atoms with E-state index in [0.717, 1.165) is 31.0 Å². The van der Waals surface area contributed by atoms with Crippen molar-refractivity contribution in [3.63, 3.8) is 0 Å². The first-order valence-electron chi connectivity index (χ1n) is 17.5. The van der Waals surface area contributed by atoms with Gasteiger partial charge >= 0.3 is 0 Å². The number of phenolic OH excluding ortho intramolecular Hbond substituents is 2. The van der Waals surface area contributed by atoms with E-state index in [2.05, 4.69) is 29.4 Å². The second kappa shape index (κ2) is 20.5. The number of rotatable bonds is 20. The average Bonchev–Trinajstić information content (AvgIpc) is 3.18. The van der Waals surface area contributed by atoms with Crippen molar-refractivity contribution in [1.29, 1.82) is 0 Å². The largest absolute Gasteiger partial charge is 0.507 e. The number of aromatic hydroxyl groups is 2. The summed E-state index contributed by atoms with van der Waals surface area (Å²) < 4.78 is 83.0. The van der Waals surface area contributed by atoms with Crippen LogP contribution >= 0.6 is 32.7 Å². The lowest BCUT2D eigenvalue weighted by Crippen LogP contribution is -2.23. The summed E-state index contributed by atoms with van der Waals surface area (Å²) in [5.41, 5.74) is -0.306. The monoisotopic (exact) mass is 928 g/mol. The van der Waals surface area contributed by atoms with Crippen molar-refractivity contribution in [3.05, 3.63) is 71.8 Å². The molecule has 0 radical (unpaired) electrons. The highest BCUT2D eigenvalue weighted by Crippen LogP contribution is 2.41. The molecule has 5 aromatic carbocycles. The molecular weight excluding hydrogens is 892 g/mol. The summed E-state index contributed by atoms with van der Waals surface area (Å²) in [5.74, 6) is -2.70. The molecule has 0 aromatic heterocycles. The predicted octanol–water partition coefficient (Wildman–Crippen LogP) is 7.54. The van der Waals surface area contributed by atoms with Gasteiger partial charge in [0.15, 0.2) is 0 Å². The van der Waals surface area contributed by atoms with Crippen molar-refractivity contribution in [3.8, 4) is 17.2 Å². The van der Waals surface area contributed by atoms with E-state index in [1.54, 1.807) is 0 Å². The van der Waals surface area contributed by atoms with E-state index in [0.29, 0.717) is 59.8 Å². The molecule has 0 bridgehead atoms. The molecular formula is C36H37N2O17PS4. The first-order chi connectivity index (χ1) is 28.5. The fraction of sp³-hybridized carbons (Fsp3) is 0.222. The fourth-order valence-corrected chi connectivity index (χ4v) is 9.29. The van der Waals surface area contributed by atoms with Crippen LogP contribution in [-0.2, 0) is 39.0 Å². The molecule has 0 aliphatic carbocycles. The molecule has 60 heavy (non-hydrogen) atoms. The molecule has 0 fully saturated rings. The minimum absolute atomic E-state index is 0.00584. The van der Waals surface area contributed by atoms with Crippen LogP contribution in [0.15, 0.2) is 80.2 Å². The Kier molecular flexibility index (Phi) is 16.0. The number of carbonyl (C=O) groups excluding carboxylic acids is 2. The molecule has 1 unspecified atom stereocenters. The van der Waals surface area contributed by atoms with Crippen LogP contribution in [0.4, 0.5) is 11.4 Å². The van der Waals surface area contributed by atoms with Gasteiger partial charge in [0.1, 0.15) is 17.2 Å². The van der Waals surface area contributed by atoms with Crippen LogP contribution < -0.4 is 20.7 Å². The number of unbranched alkanes of at least 4 members (excludes halogenated alkanes) is 2. The van der Waals surface area contributed by atoms with Crippen molar-refractivity contribution in [2.24, 2.45) is 0 Å². The summed E-state index contributed by atoms with van der Waals surface area (Å²) >= 11 is 1.13. The average molecular weight is 929 g/mol. The number of phenols is 2. The molecule has 322 valence electrons. The van der Waals surface area contributed by atoms with Crippen LogP contribution in [0.3, 0.4) is 0 Å². The summed E-state index contributed by atoms with van der Waals surface area (Å²) in [6.07, 6.45) is 3.39. The van der Waals surface area contributed by atoms with Gasteiger partial charge in [-0.1, -0.05) is 45.3 Å². The minimum Gasteiger partial charge on any atom is -0.507 e. The Hall–Kier alpha value is -4.33. The van der Waals surface area contributed by atoms with Crippen LogP contribution in [0.5, 0.6) is 17.2 Å². The van der Waals surface area contributed by atoms with Gasteiger partial charge in [0, 0.05) is 26.6 Å². The molecule has 0 aliphatic rings. The van der Waals surface area contributed by atoms with Crippen LogP contribution in [0.1, 0.15) is 60.2 Å². The zero-order valence-electron chi connectivity index (χ0n) is 31.3. The van der Waals surface area contributed by atoms with Crippen LogP contribution in [0.25, 0.3) is 21.5 Å². The highest BCUT2D eigenvalue weighted by atomic mass is 32.2. The van der Waals surface area contributed by atoms with Gasteiger partial charge in [0.2, 0.25) is 0 Å². The third-order valence-corrected chi connectivity index (χ3v) is 12.7. The van der Waals surface area contributed by atoms with E-state index in [9.17, 15) is 45.7 Å². The summed E-state index contributed by atoms with van der Waals surface area (Å²) in [4.78, 5) is 27.6. The summed E-state index contributed by atoms with van der Waals surface area (Å²) in [7, 11) is -9.91. The first kappa shape index (κ1) is 46.7. The van der Waals surface area contributed by atoms with Crippen molar-refractivity contribution in [1.82, 2.24) is 0 Å². The second-order valence-electron chi connectivity index (χ2n) is 12.7. The van der Waals surface area contributed by atoms with Crippen molar-refractivity contribution in [2.75, 3.05) is 23.4 Å². The third kappa shape index (κ3) is 11.5. The van der Waals surface area contributed by atoms with E-state index in [4.69, 9.17) is 15.3 Å². The van der Waals surface area contributed by atoms with Crippen LogP contribution in [0, 0.1) is 0 Å². The molecule has 1 atom stereocenters. The molecule has 0 aliphatic heterocycles. The molecule has 0 saturated carbocycles. The van der Waals surface area contributed by atoms with Gasteiger partial charge in [-0.05, 0) is 89.7 Å². The lowest BCUT2D eigenvalue weighted by Gasteiger charge is -2.19. The maximum Gasteiger partial charge on any atom is 0.294 e. The third-order valence-electron chi connectivity index (χ3n) is 8.57. The predicted molar refractivity (Wildman–Crippen MR) is 223 cm³/mol. The van der Waals surface area contributed by atoms with E-state index in [1.807, 2.05) is 13.8 Å². The van der Waals surface area contributed by atoms with Gasteiger partial charge in [-0.2, -0.15) is 16.8 Å². The quantitative estimate of drug-likeness (QED) is 0.00933. The Labute approximate surface area is 352 Å². The van der Waals surface area contributed by atoms with Gasteiger partial charge in [0.25, 0.3) is 32.1 Å². The molecule has 5 rings (SSSR count). The number of benzene rings is 5. The van der Waals surface area contributed by atoms with Crippen molar-refractivity contribution >= 4 is 103 Å². The lowest BCUT2D eigenvalue weighted by molar-refractivity contribution is -0.432. The first-order valence-corrected chi connectivity index (χ1v) is 23.1. The van der Waals surface area contributed by atoms with E-state index >= 15 is 0 Å². The summed E-state index contributed by atoms with van der Waals surface area (Å²) in [6, 6.07) is 11.8. The number of carbonyl (C=O) groups is 2. The molecule has 0 saturated heterocycles. The number of ether oxygens (including phenoxy) is 1. The van der Waals surface area contributed by atoms with Crippen molar-refractivity contribution in [2.45, 2.75) is 59.1 Å². The number of anilines is 2. The maximum absolute atomic E-state index is 14.3. The molecule has 0 spiro atoms. The fourth-order valence-electron chi connectivity index (χ4n) is 5.89. The number of hydrogen-bond donors (Lipinski definition) is 8. The van der Waals surface area contributed by atoms with E-state index < -0.39 is 47.6 Å². The van der Waals surface area contributed by atoms with Crippen LogP contribution in [0.2, 0.25) is 0 Å². The number of hydrogen-bond acceptors (Lipinski definition) is 17. The Morgan fingerprint density at radius 1 is 0.667 bits per heavy atom. The van der Waals surface area contributed by atoms with E-state index in [1.165, 1.54) is 36.4 Å². The lowest BCUT2D eigenvalue weighted by atomic mass is 10.0. The van der Waals surface area contributed by atoms with Gasteiger partial charge in [0.05, 0.1) is 63.0 Å². The Balaban J connectivity index is 1.64. The Morgan fingerprint density at radius 3 is 1.75 bits per heavy atom. The van der Waals surface area contributed by atoms with Crippen molar-refractivity contribution < 1.29 is 79.7 Å². The summed E-state index contributed by atoms with van der Waals surface area (Å²) in [5, 5.41) is 52.4. The molecule has 5 aromatic rings. The Morgan fingerprint density at radius 2 is 1.18 bits per heavy atom. The molecule has 24 heteroatoms. The number of nitrogens with one attached hydrogen (secondary N) is 2.